The highest BCUT2D eigenvalue weighted by Crippen LogP contribution is 2.66. The third kappa shape index (κ3) is 19.2. The first-order chi connectivity index (χ1) is 57.8. The Balaban J connectivity index is 0.743. The van der Waals surface area contributed by atoms with Crippen molar-refractivity contribution >= 4 is 71.3 Å². The summed E-state index contributed by atoms with van der Waals surface area (Å²) in [5, 5.41) is 61.6. The van der Waals surface area contributed by atoms with Gasteiger partial charge in [-0.3, -0.25) is 28.8 Å². The molecule has 0 aromatic heterocycles. The molecule has 0 spiro atoms. The van der Waals surface area contributed by atoms with Crippen LogP contribution in [0.3, 0.4) is 0 Å². The second-order valence-corrected chi connectivity index (χ2v) is 35.5. The van der Waals surface area contributed by atoms with E-state index in [-0.39, 0.29) is 71.7 Å². The summed E-state index contributed by atoms with van der Waals surface area (Å²) in [4.78, 5) is 156. The van der Waals surface area contributed by atoms with Crippen molar-refractivity contribution < 1.29 is 111 Å². The Kier molecular flexibility index (Phi) is 27.5. The van der Waals surface area contributed by atoms with Crippen LogP contribution in [0, 0.1) is 45.8 Å². The highest BCUT2D eigenvalue weighted by Gasteiger charge is 2.79. The van der Waals surface area contributed by atoms with Crippen LogP contribution in [0.1, 0.15) is 191 Å². The minimum Gasteiger partial charge on any atom is -0.456 e. The number of ketones is 1. The number of benzene rings is 4. The zero-order chi connectivity index (χ0) is 88.1. The molecular weight excluding hydrogens is 1570 g/mol. The normalized spacial score (nSPS) is 29.6. The fourth-order valence-electron chi connectivity index (χ4n) is 19.9. The van der Waals surface area contributed by atoms with Crippen molar-refractivity contribution in [2.45, 2.75) is 243 Å². The number of ether oxygens (including phenoxy) is 8. The van der Waals surface area contributed by atoms with Gasteiger partial charge in [-0.2, -0.15) is 0 Å². The van der Waals surface area contributed by atoms with Crippen molar-refractivity contribution in [2.24, 2.45) is 51.6 Å². The number of fused-ring (bicyclic) bond motifs is 6. The van der Waals surface area contributed by atoms with Gasteiger partial charge in [-0.25, -0.2) is 24.0 Å². The molecule has 122 heavy (non-hydrogen) atoms. The predicted molar refractivity (Wildman–Crippen MR) is 444 cm³/mol. The van der Waals surface area contributed by atoms with Crippen LogP contribution in [-0.2, 0) is 73.3 Å². The largest absolute Gasteiger partial charge is 0.508 e. The molecule has 4 aromatic carbocycles. The topological polar surface area (TPSA) is 429 Å². The van der Waals surface area contributed by atoms with E-state index in [1.807, 2.05) is 12.2 Å². The zero-order valence-corrected chi connectivity index (χ0v) is 70.7. The number of rotatable bonds is 28. The van der Waals surface area contributed by atoms with Crippen LogP contribution in [0.25, 0.3) is 0 Å². The Hall–Kier alpha value is -10.9. The van der Waals surface area contributed by atoms with Crippen molar-refractivity contribution in [3.05, 3.63) is 196 Å². The number of anilines is 1. The van der Waals surface area contributed by atoms with Crippen LogP contribution in [0.4, 0.5) is 20.1 Å². The molecule has 1 heterocycles. The number of carbonyl (C=O) groups is 11. The molecule has 654 valence electrons. The lowest BCUT2D eigenvalue weighted by Gasteiger charge is -2.67. The molecule has 19 atom stereocenters. The number of alkyl carbamates (subject to hydrolysis) is 1. The summed E-state index contributed by atoms with van der Waals surface area (Å²) in [5.41, 5.74) is -1.59. The van der Waals surface area contributed by atoms with Crippen LogP contribution in [0.5, 0.6) is 0 Å². The monoisotopic (exact) mass is 1680 g/mol. The van der Waals surface area contributed by atoms with Crippen molar-refractivity contribution in [3.63, 3.8) is 0 Å². The van der Waals surface area contributed by atoms with Crippen LogP contribution in [-0.4, -0.2) is 177 Å². The van der Waals surface area contributed by atoms with Gasteiger partial charge in [0.15, 0.2) is 23.6 Å². The van der Waals surface area contributed by atoms with Gasteiger partial charge in [-0.05, 0) is 184 Å². The lowest BCUT2D eigenvalue weighted by Crippen LogP contribution is -2.82. The molecule has 8 aliphatic rings. The number of nitrogens with two attached hydrogens (primary N) is 1. The quantitative estimate of drug-likeness (QED) is 0.0109. The zero-order valence-electron chi connectivity index (χ0n) is 70.7. The van der Waals surface area contributed by atoms with E-state index in [1.165, 1.54) is 95.6 Å². The van der Waals surface area contributed by atoms with E-state index in [9.17, 15) is 68.4 Å². The summed E-state index contributed by atoms with van der Waals surface area (Å²) in [7, 11) is 0. The minimum atomic E-state index is -2.61. The standard InChI is InChI=1S/C93H114N6O23/c1-51(31-42-68(102)58-35-36-58)65-40-41-66-57(29-21-43-90(65,66)10)34-37-62-45-64(46-69(103)52(62)2)118-86(112)99-89(8,9)84(110)97-67(30-22-44-95-85(94)111)81(107)96-63-38-32-56(33-39-63)49-115-87(113)120-71-47-72-92(50-116-72,122-55(5)101)77-79(121-82(108)61-27-19-14-20-28-61)93(114)48-70(53(3)73(88(93,6)7)76(117-54(4)100)78(105)91(71,77)11)119-83(109)75(104)74(59-23-15-12-16-24-59)98-80(106)60-25-17-13-18-26-60/h12-20,23-28,31-34,37-39,42,51,58,64-72,74-77,79,102-104,114H,2,21-22,29-30,35-36,40-41,43-50H2,1,3-11H3,(H,96,107)(H,97,110)(H,98,106)(H,99,112)(H3,94,95,111)/b42-31+,57-34+,62-37-/t51-,64+,65?,66?,67?,68?,69-,70?,71?,72?,74?,75?,76?,77?,79?,90+,91?,92?,93?/m0/s1. The Morgan fingerprint density at radius 1 is 0.779 bits per heavy atom. The fraction of sp³-hybridized carbons (Fsp3) is 0.516. The van der Waals surface area contributed by atoms with Crippen molar-refractivity contribution in [2.75, 3.05) is 18.5 Å². The number of hydrogen-bond donors (Lipinski definition) is 10. The summed E-state index contributed by atoms with van der Waals surface area (Å²) < 4.78 is 49.4. The third-order valence-electron chi connectivity index (χ3n) is 26.7. The number of urea groups is 1. The molecule has 29 heteroatoms. The Morgan fingerprint density at radius 2 is 1.44 bits per heavy atom. The molecule has 1 aliphatic heterocycles. The second-order valence-electron chi connectivity index (χ2n) is 35.5. The highest BCUT2D eigenvalue weighted by atomic mass is 16.7. The lowest BCUT2D eigenvalue weighted by molar-refractivity contribution is -0.346. The Labute approximate surface area is 709 Å². The number of amides is 6. The average Bonchev–Trinajstić information content (AvgIpc) is 0.723. The molecule has 11 N–H and O–H groups in total. The van der Waals surface area contributed by atoms with E-state index in [0.29, 0.717) is 40.4 Å². The molecule has 7 fully saturated rings. The van der Waals surface area contributed by atoms with Crippen LogP contribution >= 0.6 is 0 Å². The molecular formula is C93H114N6O23. The van der Waals surface area contributed by atoms with Gasteiger partial charge in [0.1, 0.15) is 54.3 Å². The number of carbonyl (C=O) groups excluding carboxylic acids is 11. The number of Topliss-reactive ketones (excluding diaryl/α,β-unsaturated/α-hetero) is 1. The highest BCUT2D eigenvalue weighted by molar-refractivity contribution is 6.00. The van der Waals surface area contributed by atoms with E-state index < -0.39 is 186 Å². The van der Waals surface area contributed by atoms with Crippen LogP contribution in [0.2, 0.25) is 0 Å². The first kappa shape index (κ1) is 90.4. The molecule has 29 nitrogen and oxygen atoms in total. The Bertz CT molecular complexity index is 4760. The number of allylic oxidation sites excluding steroid dienone is 4. The first-order valence-electron chi connectivity index (χ1n) is 42.0. The summed E-state index contributed by atoms with van der Waals surface area (Å²) in [6, 6.07) is 26.2. The molecule has 4 aromatic rings. The summed E-state index contributed by atoms with van der Waals surface area (Å²) in [6.07, 6.45) is -0.352. The van der Waals surface area contributed by atoms with Crippen LogP contribution < -0.4 is 32.3 Å². The van der Waals surface area contributed by atoms with E-state index in [2.05, 4.69) is 59.2 Å². The van der Waals surface area contributed by atoms with Gasteiger partial charge in [0.2, 0.25) is 11.8 Å². The van der Waals surface area contributed by atoms with Gasteiger partial charge in [-0.1, -0.05) is 143 Å². The number of aliphatic hydroxyl groups is 4. The molecule has 7 aliphatic carbocycles. The second kappa shape index (κ2) is 37.1. The van der Waals surface area contributed by atoms with Gasteiger partial charge in [0.05, 0.1) is 41.8 Å². The molecule has 6 saturated carbocycles. The van der Waals surface area contributed by atoms with E-state index in [0.717, 1.165) is 64.4 Å². The molecule has 6 amide bonds. The first-order valence-corrected chi connectivity index (χ1v) is 42.0. The third-order valence-corrected chi connectivity index (χ3v) is 26.7. The summed E-state index contributed by atoms with van der Waals surface area (Å²) in [5.74, 6) is -7.73. The van der Waals surface area contributed by atoms with Crippen molar-refractivity contribution in [1.82, 2.24) is 21.3 Å². The van der Waals surface area contributed by atoms with Crippen LogP contribution in [0.15, 0.2) is 174 Å². The molecule has 15 unspecified atom stereocenters. The van der Waals surface area contributed by atoms with Crippen molar-refractivity contribution in [1.29, 1.82) is 0 Å². The van der Waals surface area contributed by atoms with E-state index in [1.54, 1.807) is 66.7 Å². The summed E-state index contributed by atoms with van der Waals surface area (Å²) >= 11 is 0. The smallest absolute Gasteiger partial charge is 0.456 e. The average molecular weight is 1680 g/mol. The van der Waals surface area contributed by atoms with E-state index >= 15 is 4.79 Å². The van der Waals surface area contributed by atoms with Gasteiger partial charge < -0.3 is 90.6 Å². The molecule has 12 rings (SSSR count). The number of aliphatic hydroxyl groups excluding tert-OH is 3. The maximum atomic E-state index is 16.6. The maximum absolute atomic E-state index is 16.6. The fourth-order valence-corrected chi connectivity index (χ4v) is 19.9. The number of hydrogen-bond acceptors (Lipinski definition) is 23. The molecule has 1 saturated heterocycles. The predicted octanol–water partition coefficient (Wildman–Crippen LogP) is 10.6. The number of esters is 4. The minimum absolute atomic E-state index is 0.0310. The Morgan fingerprint density at radius 3 is 2.07 bits per heavy atom. The maximum Gasteiger partial charge on any atom is 0.508 e. The SMILES string of the molecule is C=C1/C(=C\C=C2/CCC[C@@]3(C)C2CCC3[C@@H](C)/C=C/C(O)C2CC2)C[C@@H](OC(=O)NC(C)(C)C(=O)NC(CCCNC(N)=O)C(=O)Nc2ccc(COC(=O)OC3CC4OCC4(OC(C)=O)C4C(OC(=O)c5ccccc5)C5(O)CC(OC(=O)C(O)C(NC(=O)c6ccccc6)c6ccccc6)C(C)=C(C(OC(C)=O)C(=O)C34C)C5(C)C)cc2)C[C@@H]1O. The summed E-state index contributed by atoms with van der Waals surface area (Å²) in [6.45, 7) is 18.7. The van der Waals surface area contributed by atoms with Gasteiger partial charge in [0.25, 0.3) is 5.91 Å². The molecule has 2 bridgehead atoms. The van der Waals surface area contributed by atoms with Gasteiger partial charge in [-0.15, -0.1) is 0 Å². The van der Waals surface area contributed by atoms with Gasteiger partial charge in [0, 0.05) is 62.7 Å². The van der Waals surface area contributed by atoms with E-state index in [4.69, 9.17) is 43.6 Å². The van der Waals surface area contributed by atoms with Crippen molar-refractivity contribution in [3.8, 4) is 0 Å². The lowest BCUT2D eigenvalue weighted by atomic mass is 9.44. The molecule has 0 radical (unpaired) electrons. The number of nitrogens with one attached hydrogen (secondary N) is 5. The number of primary amides is 1. The van der Waals surface area contributed by atoms with Gasteiger partial charge >= 0.3 is 42.2 Å².